The van der Waals surface area contributed by atoms with Crippen LogP contribution in [-0.4, -0.2) is 11.8 Å². The number of benzene rings is 2. The molecule has 2 aromatic rings. The van der Waals surface area contributed by atoms with Gasteiger partial charge in [0.05, 0.1) is 5.69 Å². The van der Waals surface area contributed by atoms with Gasteiger partial charge in [-0.15, -0.1) is 0 Å². The molecule has 0 atom stereocenters. The number of nitrogens with one attached hydrogen (secondary N) is 2. The van der Waals surface area contributed by atoms with E-state index in [2.05, 4.69) is 26.6 Å². The first-order valence-electron chi connectivity index (χ1n) is 6.20. The number of carbonyl (C=O) groups excluding carboxylic acids is 2. The molecule has 0 aliphatic heterocycles. The highest BCUT2D eigenvalue weighted by atomic mass is 79.9. The Balaban J connectivity index is 2.22. The maximum Gasteiger partial charge on any atom is 0.255 e. The molecule has 0 bridgehead atoms. The summed E-state index contributed by atoms with van der Waals surface area (Å²) in [4.78, 5) is 23.0. The zero-order valence-electron chi connectivity index (χ0n) is 11.4. The van der Waals surface area contributed by atoms with Crippen LogP contribution < -0.4 is 10.6 Å². The van der Waals surface area contributed by atoms with Crippen molar-refractivity contribution in [3.8, 4) is 0 Å². The van der Waals surface area contributed by atoms with Crippen molar-refractivity contribution >= 4 is 39.1 Å². The van der Waals surface area contributed by atoms with Gasteiger partial charge in [-0.05, 0) is 36.4 Å². The van der Waals surface area contributed by atoms with E-state index in [4.69, 9.17) is 0 Å². The van der Waals surface area contributed by atoms with Crippen molar-refractivity contribution in [3.63, 3.8) is 0 Å². The SMILES string of the molecule is CC(=O)Nc1cc(NC(=O)c2cc(F)cc(Br)c2)ccc1F. The van der Waals surface area contributed by atoms with E-state index in [-0.39, 0.29) is 16.9 Å². The summed E-state index contributed by atoms with van der Waals surface area (Å²) < 4.78 is 27.2. The third-order valence-electron chi connectivity index (χ3n) is 2.66. The van der Waals surface area contributed by atoms with Crippen LogP contribution in [0.5, 0.6) is 0 Å². The minimum Gasteiger partial charge on any atom is -0.324 e. The fourth-order valence-electron chi connectivity index (χ4n) is 1.78. The van der Waals surface area contributed by atoms with Crippen LogP contribution in [0.15, 0.2) is 40.9 Å². The van der Waals surface area contributed by atoms with Gasteiger partial charge in [-0.3, -0.25) is 9.59 Å². The minimum atomic E-state index is -0.623. The minimum absolute atomic E-state index is 0.0503. The van der Waals surface area contributed by atoms with Gasteiger partial charge in [-0.2, -0.15) is 0 Å². The second kappa shape index (κ2) is 6.65. The van der Waals surface area contributed by atoms with Crippen molar-refractivity contribution in [2.45, 2.75) is 6.92 Å². The highest BCUT2D eigenvalue weighted by Gasteiger charge is 2.11. The second-order valence-corrected chi connectivity index (χ2v) is 5.40. The number of halogens is 3. The van der Waals surface area contributed by atoms with E-state index in [0.29, 0.717) is 4.47 Å². The summed E-state index contributed by atoms with van der Waals surface area (Å²) >= 11 is 3.10. The predicted molar refractivity (Wildman–Crippen MR) is 82.8 cm³/mol. The Labute approximate surface area is 133 Å². The maximum atomic E-state index is 13.5. The molecule has 114 valence electrons. The normalized spacial score (nSPS) is 10.2. The van der Waals surface area contributed by atoms with Crippen LogP contribution in [0.4, 0.5) is 20.2 Å². The summed E-state index contributed by atoms with van der Waals surface area (Å²) in [7, 11) is 0. The molecule has 0 aliphatic rings. The summed E-state index contributed by atoms with van der Waals surface area (Å²) in [5, 5.41) is 4.82. The summed E-state index contributed by atoms with van der Waals surface area (Å²) in [5.41, 5.74) is 0.332. The molecule has 22 heavy (non-hydrogen) atoms. The van der Waals surface area contributed by atoms with Crippen molar-refractivity contribution in [3.05, 3.63) is 58.1 Å². The standard InChI is InChI=1S/C15H11BrF2N2O2/c1-8(21)19-14-7-12(2-3-13(14)18)20-15(22)9-4-10(16)6-11(17)5-9/h2-7H,1H3,(H,19,21)(H,20,22). The molecule has 0 radical (unpaired) electrons. The third kappa shape index (κ3) is 4.11. The summed E-state index contributed by atoms with van der Waals surface area (Å²) in [6.07, 6.45) is 0. The van der Waals surface area contributed by atoms with Crippen LogP contribution in [0, 0.1) is 11.6 Å². The number of hydrogen-bond donors (Lipinski definition) is 2. The highest BCUT2D eigenvalue weighted by molar-refractivity contribution is 9.10. The van der Waals surface area contributed by atoms with Crippen LogP contribution in [0.25, 0.3) is 0 Å². The number of hydrogen-bond acceptors (Lipinski definition) is 2. The topological polar surface area (TPSA) is 58.2 Å². The molecule has 2 N–H and O–H groups in total. The van der Waals surface area contributed by atoms with Crippen molar-refractivity contribution in [2.24, 2.45) is 0 Å². The van der Waals surface area contributed by atoms with Crippen molar-refractivity contribution in [1.29, 1.82) is 0 Å². The molecule has 0 aliphatic carbocycles. The van der Waals surface area contributed by atoms with Gasteiger partial charge in [0, 0.05) is 22.6 Å². The lowest BCUT2D eigenvalue weighted by molar-refractivity contribution is -0.114. The summed E-state index contributed by atoms with van der Waals surface area (Å²) in [6.45, 7) is 1.25. The van der Waals surface area contributed by atoms with Crippen molar-refractivity contribution in [1.82, 2.24) is 0 Å². The lowest BCUT2D eigenvalue weighted by Gasteiger charge is -2.09. The summed E-state index contributed by atoms with van der Waals surface area (Å²) in [6, 6.07) is 7.50. The summed E-state index contributed by atoms with van der Waals surface area (Å²) in [5.74, 6) is -2.17. The van der Waals surface area contributed by atoms with E-state index < -0.39 is 23.4 Å². The first-order valence-corrected chi connectivity index (χ1v) is 6.99. The number of amides is 2. The van der Waals surface area contributed by atoms with Crippen LogP contribution in [0.3, 0.4) is 0 Å². The van der Waals surface area contributed by atoms with E-state index in [0.717, 1.165) is 12.1 Å². The van der Waals surface area contributed by atoms with Gasteiger partial charge in [-0.1, -0.05) is 15.9 Å². The third-order valence-corrected chi connectivity index (χ3v) is 3.12. The van der Waals surface area contributed by atoms with E-state index >= 15 is 0 Å². The van der Waals surface area contributed by atoms with E-state index in [1.807, 2.05) is 0 Å². The lowest BCUT2D eigenvalue weighted by Crippen LogP contribution is -2.13. The molecule has 7 heteroatoms. The van der Waals surface area contributed by atoms with Gasteiger partial charge in [-0.25, -0.2) is 8.78 Å². The van der Waals surface area contributed by atoms with E-state index in [9.17, 15) is 18.4 Å². The molecule has 0 unspecified atom stereocenters. The monoisotopic (exact) mass is 368 g/mol. The molecule has 2 rings (SSSR count). The Hall–Kier alpha value is -2.28. The van der Waals surface area contributed by atoms with Crippen LogP contribution in [-0.2, 0) is 4.79 Å². The molecule has 2 aromatic carbocycles. The van der Waals surface area contributed by atoms with Gasteiger partial charge < -0.3 is 10.6 Å². The largest absolute Gasteiger partial charge is 0.324 e. The number of rotatable bonds is 3. The first kappa shape index (κ1) is 16.1. The van der Waals surface area contributed by atoms with E-state index in [1.54, 1.807) is 0 Å². The fourth-order valence-corrected chi connectivity index (χ4v) is 2.24. The van der Waals surface area contributed by atoms with Crippen LogP contribution in [0.2, 0.25) is 0 Å². The van der Waals surface area contributed by atoms with Gasteiger partial charge in [0.15, 0.2) is 0 Å². The smallest absolute Gasteiger partial charge is 0.255 e. The van der Waals surface area contributed by atoms with Crippen molar-refractivity contribution < 1.29 is 18.4 Å². The van der Waals surface area contributed by atoms with Crippen LogP contribution in [0.1, 0.15) is 17.3 Å². The van der Waals surface area contributed by atoms with E-state index in [1.165, 1.54) is 31.2 Å². The Morgan fingerprint density at radius 1 is 1.05 bits per heavy atom. The average Bonchev–Trinajstić information content (AvgIpc) is 2.41. The van der Waals surface area contributed by atoms with Gasteiger partial charge in [0.25, 0.3) is 5.91 Å². The molecular formula is C15H11BrF2N2O2. The Bertz CT molecular complexity index is 730. The predicted octanol–water partition coefficient (Wildman–Crippen LogP) is 3.94. The van der Waals surface area contributed by atoms with Gasteiger partial charge in [0.1, 0.15) is 11.6 Å². The molecule has 4 nitrogen and oxygen atoms in total. The first-order chi connectivity index (χ1) is 10.3. The maximum absolute atomic E-state index is 13.5. The highest BCUT2D eigenvalue weighted by Crippen LogP contribution is 2.21. The van der Waals surface area contributed by atoms with Crippen molar-refractivity contribution in [2.75, 3.05) is 10.6 Å². The molecule has 0 saturated carbocycles. The van der Waals surface area contributed by atoms with Gasteiger partial charge in [0.2, 0.25) is 5.91 Å². The number of carbonyl (C=O) groups is 2. The Morgan fingerprint density at radius 2 is 1.77 bits per heavy atom. The molecule has 0 spiro atoms. The molecular weight excluding hydrogens is 358 g/mol. The number of anilines is 2. The average molecular weight is 369 g/mol. The fraction of sp³-hybridized carbons (Fsp3) is 0.0667. The molecule has 0 saturated heterocycles. The Kier molecular flexibility index (Phi) is 4.87. The van der Waals surface area contributed by atoms with Gasteiger partial charge >= 0.3 is 0 Å². The Morgan fingerprint density at radius 3 is 2.41 bits per heavy atom. The molecule has 0 fully saturated rings. The molecule has 0 heterocycles. The quantitative estimate of drug-likeness (QED) is 0.861. The zero-order valence-corrected chi connectivity index (χ0v) is 13.0. The molecule has 0 aromatic heterocycles. The lowest BCUT2D eigenvalue weighted by atomic mass is 10.2. The molecule has 2 amide bonds. The zero-order chi connectivity index (χ0) is 16.3. The van der Waals surface area contributed by atoms with Crippen LogP contribution >= 0.6 is 15.9 Å². The second-order valence-electron chi connectivity index (χ2n) is 4.49.